The molecule has 0 aromatic carbocycles. The van der Waals surface area contributed by atoms with Gasteiger partial charge in [-0.2, -0.15) is 0 Å². The molecule has 0 bridgehead atoms. The van der Waals surface area contributed by atoms with Crippen LogP contribution in [0.3, 0.4) is 0 Å². The molecule has 1 saturated carbocycles. The monoisotopic (exact) mass is 354 g/mol. The normalized spacial score (nSPS) is 17.7. The number of hydrogen-bond acceptors (Lipinski definition) is 3. The van der Waals surface area contributed by atoms with Crippen LogP contribution in [0.25, 0.3) is 0 Å². The number of aliphatic imine (C=N–C) groups is 1. The molecule has 1 rings (SSSR count). The molecule has 1 fully saturated rings. The second-order valence-electron chi connectivity index (χ2n) is 8.00. The van der Waals surface area contributed by atoms with Gasteiger partial charge in [0.1, 0.15) is 0 Å². The van der Waals surface area contributed by atoms with Gasteiger partial charge in [0.2, 0.25) is 0 Å². The van der Waals surface area contributed by atoms with Gasteiger partial charge >= 0.3 is 0 Å². The van der Waals surface area contributed by atoms with E-state index in [1.165, 1.54) is 25.7 Å². The van der Waals surface area contributed by atoms with Crippen LogP contribution in [0.1, 0.15) is 66.7 Å². The molecule has 148 valence electrons. The Balaban J connectivity index is 2.57. The van der Waals surface area contributed by atoms with Crippen molar-refractivity contribution >= 4 is 5.96 Å². The first-order chi connectivity index (χ1) is 11.9. The van der Waals surface area contributed by atoms with Crippen LogP contribution < -0.4 is 10.6 Å². The highest BCUT2D eigenvalue weighted by Gasteiger charge is 2.33. The molecule has 0 aromatic heterocycles. The molecule has 0 heterocycles. The summed E-state index contributed by atoms with van der Waals surface area (Å²) < 4.78 is 5.33. The fraction of sp³-hybridized carbons (Fsp3) is 0.950. The Labute approximate surface area is 156 Å². The molecule has 25 heavy (non-hydrogen) atoms. The van der Waals surface area contributed by atoms with Crippen LogP contribution in [-0.4, -0.2) is 62.8 Å². The average molecular weight is 355 g/mol. The minimum atomic E-state index is 0.347. The van der Waals surface area contributed by atoms with Crippen LogP contribution in [0.2, 0.25) is 0 Å². The number of guanidine groups is 1. The number of nitrogens with one attached hydrogen (secondary N) is 2. The molecular formula is C20H42N4O. The Bertz CT molecular complexity index is 368. The zero-order valence-corrected chi connectivity index (χ0v) is 17.5. The van der Waals surface area contributed by atoms with Crippen molar-refractivity contribution in [3.05, 3.63) is 0 Å². The van der Waals surface area contributed by atoms with Gasteiger partial charge < -0.3 is 15.4 Å². The van der Waals surface area contributed by atoms with E-state index in [-0.39, 0.29) is 0 Å². The third-order valence-corrected chi connectivity index (χ3v) is 5.41. The Kier molecular flexibility index (Phi) is 10.4. The predicted octanol–water partition coefficient (Wildman–Crippen LogP) is 3.26. The average Bonchev–Trinajstić information content (AvgIpc) is 3.03. The van der Waals surface area contributed by atoms with Gasteiger partial charge in [0.05, 0.1) is 0 Å². The Hall–Kier alpha value is -0.810. The van der Waals surface area contributed by atoms with Crippen LogP contribution in [0.5, 0.6) is 0 Å². The minimum absolute atomic E-state index is 0.347. The van der Waals surface area contributed by atoms with Crippen LogP contribution in [0.4, 0.5) is 0 Å². The predicted molar refractivity (Wildman–Crippen MR) is 108 cm³/mol. The standard InChI is InChI=1S/C20H42N4O/c1-7-21-19(22-13-14-24(17(2)3)18(4)5)23-16-20(12-15-25-6)10-8-9-11-20/h17-18H,7-16H2,1-6H3,(H2,21,22,23). The van der Waals surface area contributed by atoms with Crippen molar-refractivity contribution in [1.29, 1.82) is 0 Å². The van der Waals surface area contributed by atoms with E-state index in [1.807, 2.05) is 0 Å². The summed E-state index contributed by atoms with van der Waals surface area (Å²) in [6.07, 6.45) is 6.37. The molecule has 2 N–H and O–H groups in total. The van der Waals surface area contributed by atoms with Gasteiger partial charge in [-0.3, -0.25) is 9.89 Å². The third-order valence-electron chi connectivity index (χ3n) is 5.41. The van der Waals surface area contributed by atoms with Crippen LogP contribution >= 0.6 is 0 Å². The van der Waals surface area contributed by atoms with Crippen molar-refractivity contribution in [3.63, 3.8) is 0 Å². The first-order valence-corrected chi connectivity index (χ1v) is 10.2. The van der Waals surface area contributed by atoms with Crippen molar-refractivity contribution in [2.24, 2.45) is 10.4 Å². The van der Waals surface area contributed by atoms with E-state index >= 15 is 0 Å². The molecule has 5 nitrogen and oxygen atoms in total. The van der Waals surface area contributed by atoms with E-state index in [1.54, 1.807) is 7.11 Å². The largest absolute Gasteiger partial charge is 0.385 e. The maximum atomic E-state index is 5.33. The van der Waals surface area contributed by atoms with Gasteiger partial charge in [-0.1, -0.05) is 12.8 Å². The summed E-state index contributed by atoms with van der Waals surface area (Å²) in [5.41, 5.74) is 0.347. The van der Waals surface area contributed by atoms with Gasteiger partial charge in [0.25, 0.3) is 0 Å². The first-order valence-electron chi connectivity index (χ1n) is 10.2. The number of methoxy groups -OCH3 is 1. The quantitative estimate of drug-likeness (QED) is 0.442. The zero-order valence-electron chi connectivity index (χ0n) is 17.5. The highest BCUT2D eigenvalue weighted by atomic mass is 16.5. The van der Waals surface area contributed by atoms with Crippen molar-refractivity contribution in [3.8, 4) is 0 Å². The van der Waals surface area contributed by atoms with E-state index in [0.29, 0.717) is 17.5 Å². The smallest absolute Gasteiger partial charge is 0.191 e. The molecule has 0 aliphatic heterocycles. The molecule has 0 radical (unpaired) electrons. The molecular weight excluding hydrogens is 312 g/mol. The molecule has 1 aliphatic carbocycles. The van der Waals surface area contributed by atoms with Crippen LogP contribution in [0, 0.1) is 5.41 Å². The minimum Gasteiger partial charge on any atom is -0.385 e. The maximum Gasteiger partial charge on any atom is 0.191 e. The van der Waals surface area contributed by atoms with Gasteiger partial charge in [0.15, 0.2) is 5.96 Å². The van der Waals surface area contributed by atoms with E-state index in [9.17, 15) is 0 Å². The van der Waals surface area contributed by atoms with Crippen molar-refractivity contribution in [2.45, 2.75) is 78.8 Å². The fourth-order valence-electron chi connectivity index (χ4n) is 3.94. The van der Waals surface area contributed by atoms with Gasteiger partial charge in [-0.05, 0) is 59.3 Å². The number of nitrogens with zero attached hydrogens (tertiary/aromatic N) is 2. The molecule has 0 amide bonds. The summed E-state index contributed by atoms with van der Waals surface area (Å²) in [7, 11) is 1.80. The number of ether oxygens (including phenoxy) is 1. The molecule has 0 spiro atoms. The van der Waals surface area contributed by atoms with Gasteiger partial charge in [-0.15, -0.1) is 0 Å². The molecule has 0 saturated heterocycles. The summed E-state index contributed by atoms with van der Waals surface area (Å²) in [5.74, 6) is 0.957. The van der Waals surface area contributed by atoms with E-state index < -0.39 is 0 Å². The maximum absolute atomic E-state index is 5.33. The fourth-order valence-corrected chi connectivity index (χ4v) is 3.94. The zero-order chi connectivity index (χ0) is 18.7. The molecule has 1 aliphatic rings. The van der Waals surface area contributed by atoms with Crippen molar-refractivity contribution in [1.82, 2.24) is 15.5 Å². The third kappa shape index (κ3) is 7.95. The lowest BCUT2D eigenvalue weighted by atomic mass is 9.83. The molecule has 0 aromatic rings. The highest BCUT2D eigenvalue weighted by Crippen LogP contribution is 2.41. The summed E-state index contributed by atoms with van der Waals surface area (Å²) in [6, 6.07) is 1.13. The Morgan fingerprint density at radius 3 is 2.28 bits per heavy atom. The molecule has 0 unspecified atom stereocenters. The Morgan fingerprint density at radius 1 is 1.12 bits per heavy atom. The summed E-state index contributed by atoms with van der Waals surface area (Å²) in [6.45, 7) is 15.8. The van der Waals surface area contributed by atoms with E-state index in [4.69, 9.17) is 9.73 Å². The molecule has 0 atom stereocenters. The Morgan fingerprint density at radius 2 is 1.76 bits per heavy atom. The lowest BCUT2D eigenvalue weighted by Crippen LogP contribution is -2.45. The van der Waals surface area contributed by atoms with E-state index in [2.05, 4.69) is 50.2 Å². The van der Waals surface area contributed by atoms with Gasteiger partial charge in [-0.25, -0.2) is 0 Å². The summed E-state index contributed by atoms with van der Waals surface area (Å²) in [4.78, 5) is 7.44. The summed E-state index contributed by atoms with van der Waals surface area (Å²) in [5, 5.41) is 6.93. The SMILES string of the molecule is CCNC(=NCC1(CCOC)CCCC1)NCCN(C(C)C)C(C)C. The van der Waals surface area contributed by atoms with E-state index in [0.717, 1.165) is 45.2 Å². The molecule has 5 heteroatoms. The summed E-state index contributed by atoms with van der Waals surface area (Å²) >= 11 is 0. The lowest BCUT2D eigenvalue weighted by Gasteiger charge is -2.31. The first kappa shape index (κ1) is 22.2. The van der Waals surface area contributed by atoms with Crippen molar-refractivity contribution in [2.75, 3.05) is 39.9 Å². The van der Waals surface area contributed by atoms with Crippen molar-refractivity contribution < 1.29 is 4.74 Å². The second kappa shape index (κ2) is 11.7. The number of hydrogen-bond donors (Lipinski definition) is 2. The van der Waals surface area contributed by atoms with Crippen LogP contribution in [0.15, 0.2) is 4.99 Å². The topological polar surface area (TPSA) is 48.9 Å². The number of rotatable bonds is 11. The van der Waals surface area contributed by atoms with Gasteiger partial charge in [0, 0.05) is 52.0 Å². The second-order valence-corrected chi connectivity index (χ2v) is 8.00. The van der Waals surface area contributed by atoms with Crippen LogP contribution in [-0.2, 0) is 4.74 Å². The highest BCUT2D eigenvalue weighted by molar-refractivity contribution is 5.79. The lowest BCUT2D eigenvalue weighted by molar-refractivity contribution is 0.141.